The lowest BCUT2D eigenvalue weighted by Crippen LogP contribution is -2.38. The summed E-state index contributed by atoms with van der Waals surface area (Å²) >= 11 is 0. The lowest BCUT2D eigenvalue weighted by molar-refractivity contribution is -0.112. The highest BCUT2D eigenvalue weighted by Gasteiger charge is 2.25. The van der Waals surface area contributed by atoms with Crippen molar-refractivity contribution in [2.24, 2.45) is 0 Å². The van der Waals surface area contributed by atoms with E-state index in [4.69, 9.17) is 4.42 Å². The lowest BCUT2D eigenvalue weighted by Gasteiger charge is -2.32. The third-order valence-electron chi connectivity index (χ3n) is 7.21. The second kappa shape index (κ2) is 12.7. The van der Waals surface area contributed by atoms with Crippen LogP contribution < -0.4 is 10.6 Å². The summed E-state index contributed by atoms with van der Waals surface area (Å²) < 4.78 is 5.19. The van der Waals surface area contributed by atoms with Crippen molar-refractivity contribution in [3.63, 3.8) is 0 Å². The van der Waals surface area contributed by atoms with Crippen molar-refractivity contribution in [1.82, 2.24) is 10.2 Å². The predicted octanol–water partition coefficient (Wildman–Crippen LogP) is 7.06. The van der Waals surface area contributed by atoms with Crippen LogP contribution in [0, 0.1) is 6.92 Å². The van der Waals surface area contributed by atoms with Gasteiger partial charge in [-0.2, -0.15) is 0 Å². The molecule has 1 aliphatic heterocycles. The van der Waals surface area contributed by atoms with E-state index in [1.807, 2.05) is 43.0 Å². The maximum atomic E-state index is 13.3. The number of nitrogens with one attached hydrogen (secondary N) is 2. The standard InChI is InChI=1S/C33H39N3O3/c1-22(2)34-25(5)8-6-24(4)32(37)35-31-20-29(9-7-23(31)3)33(38)36-17-14-28(15-18-36)26-10-12-27(13-11-26)30-16-19-39-21-30/h6-13,16,19-22,28,34H,14-15,17-18H2,1-5H3,(H,35,37)/b24-6+,25-8+. The molecule has 1 fully saturated rings. The Morgan fingerprint density at radius 2 is 1.69 bits per heavy atom. The molecule has 3 aromatic rings. The molecule has 2 N–H and O–H groups in total. The van der Waals surface area contributed by atoms with Crippen LogP contribution in [0.2, 0.25) is 0 Å². The summed E-state index contributed by atoms with van der Waals surface area (Å²) in [6.07, 6.45) is 9.00. The number of aryl methyl sites for hydroxylation is 1. The van der Waals surface area contributed by atoms with Gasteiger partial charge in [-0.05, 0) is 94.3 Å². The number of anilines is 1. The van der Waals surface area contributed by atoms with E-state index in [0.717, 1.165) is 35.2 Å². The number of furan rings is 1. The van der Waals surface area contributed by atoms with Crippen LogP contribution in [-0.4, -0.2) is 35.8 Å². The molecule has 6 nitrogen and oxygen atoms in total. The van der Waals surface area contributed by atoms with Crippen molar-refractivity contribution in [3.05, 3.63) is 101 Å². The van der Waals surface area contributed by atoms with Gasteiger partial charge in [-0.3, -0.25) is 9.59 Å². The highest BCUT2D eigenvalue weighted by atomic mass is 16.3. The quantitative estimate of drug-likeness (QED) is 0.244. The number of hydrogen-bond acceptors (Lipinski definition) is 4. The highest BCUT2D eigenvalue weighted by molar-refractivity contribution is 6.05. The van der Waals surface area contributed by atoms with Crippen molar-refractivity contribution in [2.45, 2.75) is 59.4 Å². The number of allylic oxidation sites excluding steroid dienone is 3. The predicted molar refractivity (Wildman–Crippen MR) is 158 cm³/mol. The largest absolute Gasteiger partial charge is 0.472 e. The number of piperidine rings is 1. The molecule has 6 heteroatoms. The van der Waals surface area contributed by atoms with Gasteiger partial charge in [-0.25, -0.2) is 0 Å². The Kier molecular flexibility index (Phi) is 9.07. The van der Waals surface area contributed by atoms with Crippen LogP contribution in [0.5, 0.6) is 0 Å². The molecule has 1 aliphatic rings. The SMILES string of the molecule is C/C(=C\C=C(/C)C(=O)Nc1cc(C(=O)N2CCC(c3ccc(-c4ccoc4)cc3)CC2)ccc1C)NC(C)C. The molecule has 2 heterocycles. The van der Waals surface area contributed by atoms with Crippen LogP contribution in [0.25, 0.3) is 11.1 Å². The lowest BCUT2D eigenvalue weighted by atomic mass is 9.88. The van der Waals surface area contributed by atoms with Gasteiger partial charge in [0, 0.05) is 47.2 Å². The van der Waals surface area contributed by atoms with Crippen molar-refractivity contribution in [2.75, 3.05) is 18.4 Å². The molecule has 1 saturated heterocycles. The van der Waals surface area contributed by atoms with E-state index in [1.54, 1.807) is 31.6 Å². The topological polar surface area (TPSA) is 74.6 Å². The minimum atomic E-state index is -0.184. The molecule has 0 spiro atoms. The van der Waals surface area contributed by atoms with Crippen molar-refractivity contribution >= 4 is 17.5 Å². The van der Waals surface area contributed by atoms with Gasteiger partial charge < -0.3 is 20.0 Å². The summed E-state index contributed by atoms with van der Waals surface area (Å²) in [7, 11) is 0. The summed E-state index contributed by atoms with van der Waals surface area (Å²) in [4.78, 5) is 28.1. The Labute approximate surface area is 231 Å². The van der Waals surface area contributed by atoms with E-state index in [0.29, 0.717) is 41.9 Å². The summed E-state index contributed by atoms with van der Waals surface area (Å²) in [6.45, 7) is 11.3. The first-order chi connectivity index (χ1) is 18.7. The molecule has 2 amide bonds. The summed E-state index contributed by atoms with van der Waals surface area (Å²) in [6, 6.07) is 16.5. The first-order valence-electron chi connectivity index (χ1n) is 13.7. The molecular formula is C33H39N3O3. The van der Waals surface area contributed by atoms with Crippen LogP contribution in [0.4, 0.5) is 5.69 Å². The van der Waals surface area contributed by atoms with Gasteiger partial charge in [0.05, 0.1) is 12.5 Å². The number of benzene rings is 2. The zero-order valence-corrected chi connectivity index (χ0v) is 23.6. The monoisotopic (exact) mass is 525 g/mol. The molecule has 0 aliphatic carbocycles. The fraction of sp³-hybridized carbons (Fsp3) is 0.333. The summed E-state index contributed by atoms with van der Waals surface area (Å²) in [5, 5.41) is 6.29. The molecule has 4 rings (SSSR count). The summed E-state index contributed by atoms with van der Waals surface area (Å²) in [5.74, 6) is 0.254. The molecule has 39 heavy (non-hydrogen) atoms. The number of carbonyl (C=O) groups is 2. The van der Waals surface area contributed by atoms with E-state index in [9.17, 15) is 9.59 Å². The number of likely N-dealkylation sites (tertiary alicyclic amines) is 1. The maximum absolute atomic E-state index is 13.3. The summed E-state index contributed by atoms with van der Waals surface area (Å²) in [5.41, 5.74) is 7.29. The van der Waals surface area contributed by atoms with Crippen molar-refractivity contribution < 1.29 is 14.0 Å². The fourth-order valence-corrected chi connectivity index (χ4v) is 4.91. The Hall–Kier alpha value is -4.06. The van der Waals surface area contributed by atoms with E-state index in [-0.39, 0.29) is 11.8 Å². The average Bonchev–Trinajstić information content (AvgIpc) is 3.47. The highest BCUT2D eigenvalue weighted by Crippen LogP contribution is 2.31. The molecule has 2 aromatic carbocycles. The number of nitrogens with zero attached hydrogens (tertiary/aromatic N) is 1. The molecule has 0 unspecified atom stereocenters. The minimum Gasteiger partial charge on any atom is -0.472 e. The first-order valence-corrected chi connectivity index (χ1v) is 13.7. The molecular weight excluding hydrogens is 486 g/mol. The maximum Gasteiger partial charge on any atom is 0.253 e. The van der Waals surface area contributed by atoms with Gasteiger partial charge in [0.2, 0.25) is 0 Å². The van der Waals surface area contributed by atoms with Crippen LogP contribution in [0.1, 0.15) is 67.9 Å². The first kappa shape index (κ1) is 28.0. The smallest absolute Gasteiger partial charge is 0.253 e. The fourth-order valence-electron chi connectivity index (χ4n) is 4.91. The normalized spacial score (nSPS) is 15.0. The Bertz CT molecular complexity index is 1340. The molecule has 0 atom stereocenters. The second-order valence-electron chi connectivity index (χ2n) is 10.7. The molecule has 0 radical (unpaired) electrons. The van der Waals surface area contributed by atoms with E-state index in [2.05, 4.69) is 48.7 Å². The Morgan fingerprint density at radius 3 is 2.33 bits per heavy atom. The average molecular weight is 526 g/mol. The zero-order valence-electron chi connectivity index (χ0n) is 23.6. The molecule has 0 bridgehead atoms. The van der Waals surface area contributed by atoms with Gasteiger partial charge in [0.1, 0.15) is 0 Å². The van der Waals surface area contributed by atoms with E-state index < -0.39 is 0 Å². The van der Waals surface area contributed by atoms with Crippen molar-refractivity contribution in [1.29, 1.82) is 0 Å². The molecule has 1 aromatic heterocycles. The molecule has 0 saturated carbocycles. The van der Waals surface area contributed by atoms with Crippen LogP contribution in [0.15, 0.2) is 88.9 Å². The zero-order chi connectivity index (χ0) is 27.9. The van der Waals surface area contributed by atoms with Crippen LogP contribution >= 0.6 is 0 Å². The number of carbonyl (C=O) groups excluding carboxylic acids is 2. The van der Waals surface area contributed by atoms with Gasteiger partial charge >= 0.3 is 0 Å². The van der Waals surface area contributed by atoms with Gasteiger partial charge in [-0.15, -0.1) is 0 Å². The molecule has 204 valence electrons. The van der Waals surface area contributed by atoms with Crippen LogP contribution in [-0.2, 0) is 4.79 Å². The Morgan fingerprint density at radius 1 is 0.974 bits per heavy atom. The number of hydrogen-bond donors (Lipinski definition) is 2. The minimum absolute atomic E-state index is 0.00448. The third-order valence-corrected chi connectivity index (χ3v) is 7.21. The van der Waals surface area contributed by atoms with Crippen molar-refractivity contribution in [3.8, 4) is 11.1 Å². The van der Waals surface area contributed by atoms with Gasteiger partial charge in [-0.1, -0.05) is 36.4 Å². The van der Waals surface area contributed by atoms with Gasteiger partial charge in [0.15, 0.2) is 0 Å². The van der Waals surface area contributed by atoms with Gasteiger partial charge in [0.25, 0.3) is 11.8 Å². The van der Waals surface area contributed by atoms with E-state index >= 15 is 0 Å². The number of rotatable bonds is 8. The van der Waals surface area contributed by atoms with Crippen LogP contribution in [0.3, 0.4) is 0 Å². The number of amides is 2. The third kappa shape index (κ3) is 7.29. The Balaban J connectivity index is 1.36. The second-order valence-corrected chi connectivity index (χ2v) is 10.7. The van der Waals surface area contributed by atoms with E-state index in [1.165, 1.54) is 5.56 Å².